The highest BCUT2D eigenvalue weighted by molar-refractivity contribution is 5.84. The van der Waals surface area contributed by atoms with E-state index in [2.05, 4.69) is 38.2 Å². The first-order valence-corrected chi connectivity index (χ1v) is 6.91. The Kier molecular flexibility index (Phi) is 5.17. The van der Waals surface area contributed by atoms with Crippen molar-refractivity contribution in [2.75, 3.05) is 13.2 Å². The highest BCUT2D eigenvalue weighted by Crippen LogP contribution is 2.24. The summed E-state index contributed by atoms with van der Waals surface area (Å²) in [4.78, 5) is 11.5. The van der Waals surface area contributed by atoms with E-state index >= 15 is 0 Å². The molecule has 1 amide bonds. The summed E-state index contributed by atoms with van der Waals surface area (Å²) in [6.45, 7) is 10.7. The average Bonchev–Trinajstić information content (AvgIpc) is 2.32. The van der Waals surface area contributed by atoms with Gasteiger partial charge < -0.3 is 15.8 Å². The molecule has 0 spiro atoms. The van der Waals surface area contributed by atoms with E-state index in [-0.39, 0.29) is 11.3 Å². The van der Waals surface area contributed by atoms with Crippen LogP contribution in [-0.2, 0) is 10.2 Å². The number of rotatable bonds is 5. The first-order chi connectivity index (χ1) is 9.10. The Bertz CT molecular complexity index is 439. The van der Waals surface area contributed by atoms with Crippen molar-refractivity contribution in [2.45, 2.75) is 45.6 Å². The predicted octanol–water partition coefficient (Wildman–Crippen LogP) is 2.22. The van der Waals surface area contributed by atoms with Crippen molar-refractivity contribution in [1.82, 2.24) is 5.32 Å². The third-order valence-corrected chi connectivity index (χ3v) is 2.96. The van der Waals surface area contributed by atoms with Gasteiger partial charge in [-0.2, -0.15) is 0 Å². The fraction of sp³-hybridized carbons (Fsp3) is 0.562. The molecule has 0 unspecified atom stereocenters. The molecular weight excluding hydrogens is 252 g/mol. The largest absolute Gasteiger partial charge is 0.492 e. The van der Waals surface area contributed by atoms with Crippen LogP contribution in [0.1, 0.15) is 40.2 Å². The number of hydrogen-bond donors (Lipinski definition) is 2. The van der Waals surface area contributed by atoms with Gasteiger partial charge in [-0.1, -0.05) is 32.9 Å². The lowest BCUT2D eigenvalue weighted by molar-refractivity contribution is -0.125. The third-order valence-electron chi connectivity index (χ3n) is 2.96. The zero-order valence-electron chi connectivity index (χ0n) is 13.1. The molecule has 0 aromatic heterocycles. The second kappa shape index (κ2) is 6.27. The molecule has 4 nitrogen and oxygen atoms in total. The molecule has 4 heteroatoms. The highest BCUT2D eigenvalue weighted by atomic mass is 16.5. The van der Waals surface area contributed by atoms with Gasteiger partial charge in [0.1, 0.15) is 12.4 Å². The summed E-state index contributed by atoms with van der Waals surface area (Å²) in [5, 5.41) is 2.74. The van der Waals surface area contributed by atoms with Crippen molar-refractivity contribution in [1.29, 1.82) is 0 Å². The molecular formula is C16H26N2O2. The van der Waals surface area contributed by atoms with Crippen molar-refractivity contribution < 1.29 is 9.53 Å². The minimum absolute atomic E-state index is 0.138. The summed E-state index contributed by atoms with van der Waals surface area (Å²) in [6, 6.07) is 8.04. The molecule has 3 N–H and O–H groups in total. The predicted molar refractivity (Wildman–Crippen MR) is 81.9 cm³/mol. The van der Waals surface area contributed by atoms with Gasteiger partial charge in [0.15, 0.2) is 0 Å². The Balaban J connectivity index is 2.38. The number of nitrogens with two attached hydrogens (primary N) is 1. The van der Waals surface area contributed by atoms with Crippen molar-refractivity contribution in [3.63, 3.8) is 0 Å². The van der Waals surface area contributed by atoms with Crippen molar-refractivity contribution in [3.05, 3.63) is 29.8 Å². The van der Waals surface area contributed by atoms with E-state index in [4.69, 9.17) is 10.5 Å². The molecule has 0 bridgehead atoms. The standard InChI is InChI=1S/C16H26N2O2/c1-15(2,3)12-6-8-13(9-7-12)20-11-10-18-14(19)16(4,5)17/h6-9H,10-11,17H2,1-5H3,(H,18,19). The number of nitrogens with one attached hydrogen (secondary N) is 1. The van der Waals surface area contributed by atoms with Gasteiger partial charge in [0.05, 0.1) is 12.1 Å². The van der Waals surface area contributed by atoms with Crippen molar-refractivity contribution in [3.8, 4) is 5.75 Å². The Morgan fingerprint density at radius 3 is 2.15 bits per heavy atom. The number of carbonyl (C=O) groups is 1. The quantitative estimate of drug-likeness (QED) is 0.812. The lowest BCUT2D eigenvalue weighted by atomic mass is 9.87. The minimum Gasteiger partial charge on any atom is -0.492 e. The fourth-order valence-electron chi connectivity index (χ4n) is 1.61. The van der Waals surface area contributed by atoms with E-state index in [1.165, 1.54) is 5.56 Å². The Morgan fingerprint density at radius 1 is 1.15 bits per heavy atom. The van der Waals surface area contributed by atoms with E-state index in [1.807, 2.05) is 12.1 Å². The Morgan fingerprint density at radius 2 is 1.70 bits per heavy atom. The van der Waals surface area contributed by atoms with Crippen LogP contribution in [0.2, 0.25) is 0 Å². The van der Waals surface area contributed by atoms with Gasteiger partial charge in [-0.3, -0.25) is 4.79 Å². The summed E-state index contributed by atoms with van der Waals surface area (Å²) in [5.41, 5.74) is 6.23. The number of amides is 1. The third kappa shape index (κ3) is 5.21. The van der Waals surface area contributed by atoms with Crippen LogP contribution in [-0.4, -0.2) is 24.6 Å². The molecule has 0 aliphatic rings. The zero-order chi connectivity index (χ0) is 15.4. The van der Waals surface area contributed by atoms with Crippen LogP contribution >= 0.6 is 0 Å². The summed E-state index contributed by atoms with van der Waals surface area (Å²) >= 11 is 0. The van der Waals surface area contributed by atoms with E-state index in [0.717, 1.165) is 5.75 Å². The van der Waals surface area contributed by atoms with Gasteiger partial charge >= 0.3 is 0 Å². The van der Waals surface area contributed by atoms with Gasteiger partial charge in [0, 0.05) is 0 Å². The van der Waals surface area contributed by atoms with Crippen molar-refractivity contribution in [2.24, 2.45) is 5.73 Å². The molecule has 0 fully saturated rings. The molecule has 0 saturated heterocycles. The molecule has 1 rings (SSSR count). The van der Waals surface area contributed by atoms with Gasteiger partial charge in [-0.15, -0.1) is 0 Å². The average molecular weight is 278 g/mol. The van der Waals surface area contributed by atoms with E-state index < -0.39 is 5.54 Å². The lowest BCUT2D eigenvalue weighted by Crippen LogP contribution is -2.49. The Hall–Kier alpha value is -1.55. The lowest BCUT2D eigenvalue weighted by Gasteiger charge is -2.19. The summed E-state index contributed by atoms with van der Waals surface area (Å²) in [6.07, 6.45) is 0. The second-order valence-electron chi connectivity index (χ2n) is 6.60. The Labute approximate surface area is 121 Å². The molecule has 0 saturated carbocycles. The van der Waals surface area contributed by atoms with E-state index in [0.29, 0.717) is 13.2 Å². The van der Waals surface area contributed by atoms with Crippen LogP contribution < -0.4 is 15.8 Å². The van der Waals surface area contributed by atoms with Crippen LogP contribution in [0.4, 0.5) is 0 Å². The number of benzene rings is 1. The molecule has 20 heavy (non-hydrogen) atoms. The maximum Gasteiger partial charge on any atom is 0.239 e. The number of ether oxygens (including phenoxy) is 1. The summed E-state index contributed by atoms with van der Waals surface area (Å²) in [7, 11) is 0. The molecule has 0 atom stereocenters. The molecule has 0 aliphatic heterocycles. The zero-order valence-corrected chi connectivity index (χ0v) is 13.1. The minimum atomic E-state index is -0.853. The van der Waals surface area contributed by atoms with Crippen LogP contribution in [0.25, 0.3) is 0 Å². The normalized spacial score (nSPS) is 12.1. The molecule has 1 aromatic rings. The second-order valence-corrected chi connectivity index (χ2v) is 6.60. The molecule has 0 radical (unpaired) electrons. The van der Waals surface area contributed by atoms with Gasteiger partial charge in [-0.25, -0.2) is 0 Å². The fourth-order valence-corrected chi connectivity index (χ4v) is 1.61. The molecule has 0 heterocycles. The van der Waals surface area contributed by atoms with Gasteiger partial charge in [-0.05, 0) is 37.0 Å². The van der Waals surface area contributed by atoms with Crippen molar-refractivity contribution >= 4 is 5.91 Å². The van der Waals surface area contributed by atoms with Crippen LogP contribution in [0.3, 0.4) is 0 Å². The topological polar surface area (TPSA) is 64.4 Å². The maximum absolute atomic E-state index is 11.5. The smallest absolute Gasteiger partial charge is 0.239 e. The molecule has 0 aliphatic carbocycles. The number of carbonyl (C=O) groups excluding carboxylic acids is 1. The summed E-state index contributed by atoms with van der Waals surface area (Å²) in [5.74, 6) is 0.628. The molecule has 1 aromatic carbocycles. The van der Waals surface area contributed by atoms with Gasteiger partial charge in [0.2, 0.25) is 5.91 Å². The molecule has 112 valence electrons. The monoisotopic (exact) mass is 278 g/mol. The van der Waals surface area contributed by atoms with Crippen LogP contribution in [0.5, 0.6) is 5.75 Å². The first-order valence-electron chi connectivity index (χ1n) is 6.91. The number of hydrogen-bond acceptors (Lipinski definition) is 3. The van der Waals surface area contributed by atoms with E-state index in [1.54, 1.807) is 13.8 Å². The van der Waals surface area contributed by atoms with Crippen LogP contribution in [0.15, 0.2) is 24.3 Å². The van der Waals surface area contributed by atoms with Gasteiger partial charge in [0.25, 0.3) is 0 Å². The maximum atomic E-state index is 11.5. The summed E-state index contributed by atoms with van der Waals surface area (Å²) < 4.78 is 5.58. The first kappa shape index (κ1) is 16.5. The SMILES string of the molecule is CC(C)(N)C(=O)NCCOc1ccc(C(C)(C)C)cc1. The van der Waals surface area contributed by atoms with E-state index in [9.17, 15) is 4.79 Å². The highest BCUT2D eigenvalue weighted by Gasteiger charge is 2.20. The van der Waals surface area contributed by atoms with Crippen LogP contribution in [0, 0.1) is 0 Å².